The quantitative estimate of drug-likeness (QED) is 0.807. The van der Waals surface area contributed by atoms with Crippen molar-refractivity contribution in [3.05, 3.63) is 29.1 Å². The lowest BCUT2D eigenvalue weighted by Gasteiger charge is -2.24. The van der Waals surface area contributed by atoms with Gasteiger partial charge in [-0.3, -0.25) is 0 Å². The third kappa shape index (κ3) is 5.11. The number of carbonyl (C=O) groups excluding carboxylic acids is 1. The van der Waals surface area contributed by atoms with Crippen LogP contribution in [0.4, 0.5) is 18.0 Å². The molecule has 1 aliphatic rings. The molecule has 1 amide bonds. The third-order valence-corrected chi connectivity index (χ3v) is 3.77. The Morgan fingerprint density at radius 1 is 1.33 bits per heavy atom. The van der Waals surface area contributed by atoms with Gasteiger partial charge in [-0.15, -0.1) is 0 Å². The molecule has 2 rings (SSSR count). The number of halogens is 3. The van der Waals surface area contributed by atoms with Crippen LogP contribution in [0.15, 0.2) is 12.1 Å². The first-order chi connectivity index (χ1) is 10.9. The van der Waals surface area contributed by atoms with Crippen LogP contribution >= 0.6 is 0 Å². The van der Waals surface area contributed by atoms with Crippen LogP contribution < -0.4 is 0 Å². The second-order valence-corrected chi connectivity index (χ2v) is 7.28. The van der Waals surface area contributed by atoms with Crippen molar-refractivity contribution in [2.24, 2.45) is 5.92 Å². The van der Waals surface area contributed by atoms with Crippen LogP contribution in [0.1, 0.15) is 44.1 Å². The Bertz CT molecular complexity index is 609. The molecule has 1 fully saturated rings. The Morgan fingerprint density at radius 3 is 2.58 bits per heavy atom. The van der Waals surface area contributed by atoms with E-state index in [1.165, 1.54) is 0 Å². The van der Waals surface area contributed by atoms with Gasteiger partial charge in [-0.05, 0) is 64.2 Å². The average molecular weight is 344 g/mol. The minimum atomic E-state index is -4.45. The zero-order valence-electron chi connectivity index (χ0n) is 14.4. The van der Waals surface area contributed by atoms with Crippen molar-refractivity contribution in [3.8, 4) is 0 Å². The summed E-state index contributed by atoms with van der Waals surface area (Å²) in [7, 11) is 0. The first kappa shape index (κ1) is 18.5. The van der Waals surface area contributed by atoms with Gasteiger partial charge < -0.3 is 9.64 Å². The van der Waals surface area contributed by atoms with Crippen molar-refractivity contribution in [3.63, 3.8) is 0 Å². The highest BCUT2D eigenvalue weighted by Gasteiger charge is 2.34. The van der Waals surface area contributed by atoms with Gasteiger partial charge in [-0.25, -0.2) is 9.78 Å². The van der Waals surface area contributed by atoms with Gasteiger partial charge in [0.1, 0.15) is 11.3 Å². The number of carbonyl (C=O) groups is 1. The monoisotopic (exact) mass is 344 g/mol. The van der Waals surface area contributed by atoms with Gasteiger partial charge in [0.25, 0.3) is 0 Å². The van der Waals surface area contributed by atoms with E-state index in [9.17, 15) is 18.0 Å². The van der Waals surface area contributed by atoms with Gasteiger partial charge >= 0.3 is 12.3 Å². The Hall–Kier alpha value is -1.79. The molecule has 0 N–H and O–H groups in total. The number of aromatic nitrogens is 1. The second-order valence-electron chi connectivity index (χ2n) is 7.28. The van der Waals surface area contributed by atoms with Crippen LogP contribution in [0.2, 0.25) is 0 Å². The van der Waals surface area contributed by atoms with Crippen molar-refractivity contribution in [2.45, 2.75) is 52.3 Å². The van der Waals surface area contributed by atoms with Crippen LogP contribution in [0.3, 0.4) is 0 Å². The second kappa shape index (κ2) is 6.61. The summed E-state index contributed by atoms with van der Waals surface area (Å²) in [5.74, 6) is 0.125. The number of hydrogen-bond acceptors (Lipinski definition) is 3. The molecule has 7 heteroatoms. The van der Waals surface area contributed by atoms with E-state index >= 15 is 0 Å². The summed E-state index contributed by atoms with van der Waals surface area (Å²) in [4.78, 5) is 17.2. The van der Waals surface area contributed by atoms with E-state index in [2.05, 4.69) is 4.98 Å². The van der Waals surface area contributed by atoms with E-state index < -0.39 is 17.5 Å². The molecule has 1 aromatic rings. The smallest absolute Gasteiger partial charge is 0.433 e. The average Bonchev–Trinajstić information content (AvgIpc) is 2.83. The fraction of sp³-hybridized carbons (Fsp3) is 0.647. The number of ether oxygens (including phenoxy) is 1. The first-order valence-electron chi connectivity index (χ1n) is 7.97. The van der Waals surface area contributed by atoms with E-state index in [0.29, 0.717) is 30.8 Å². The lowest BCUT2D eigenvalue weighted by Crippen LogP contribution is -2.35. The lowest BCUT2D eigenvalue weighted by atomic mass is 9.98. The summed E-state index contributed by atoms with van der Waals surface area (Å²) in [6.07, 6.45) is -3.57. The van der Waals surface area contributed by atoms with E-state index in [0.717, 1.165) is 12.5 Å². The highest BCUT2D eigenvalue weighted by atomic mass is 19.4. The van der Waals surface area contributed by atoms with E-state index in [1.807, 2.05) is 0 Å². The number of aryl methyl sites for hydroxylation is 1. The number of nitrogens with zero attached hydrogens (tertiary/aromatic N) is 2. The molecule has 1 unspecified atom stereocenters. The maximum atomic E-state index is 12.9. The molecule has 0 bridgehead atoms. The number of alkyl halides is 3. The maximum Gasteiger partial charge on any atom is 0.433 e. The Kier molecular flexibility index (Phi) is 5.11. The Labute approximate surface area is 140 Å². The molecule has 1 saturated heterocycles. The molecule has 0 radical (unpaired) electrons. The molecule has 2 heterocycles. The predicted molar refractivity (Wildman–Crippen MR) is 83.6 cm³/mol. The number of pyridine rings is 1. The summed E-state index contributed by atoms with van der Waals surface area (Å²) in [6, 6.07) is 2.77. The summed E-state index contributed by atoms with van der Waals surface area (Å²) >= 11 is 0. The molecule has 0 saturated carbocycles. The number of rotatable bonds is 2. The van der Waals surface area contributed by atoms with E-state index in [4.69, 9.17) is 4.74 Å². The van der Waals surface area contributed by atoms with Gasteiger partial charge in [0.15, 0.2) is 0 Å². The van der Waals surface area contributed by atoms with Gasteiger partial charge in [-0.1, -0.05) is 0 Å². The van der Waals surface area contributed by atoms with E-state index in [1.54, 1.807) is 38.7 Å². The number of amides is 1. The maximum absolute atomic E-state index is 12.9. The normalized spacial score (nSPS) is 18.8. The van der Waals surface area contributed by atoms with Gasteiger partial charge in [0, 0.05) is 18.8 Å². The highest BCUT2D eigenvalue weighted by Crippen LogP contribution is 2.30. The minimum absolute atomic E-state index is 0.125. The van der Waals surface area contributed by atoms with Crippen molar-refractivity contribution in [1.29, 1.82) is 0 Å². The zero-order valence-corrected chi connectivity index (χ0v) is 14.4. The molecule has 1 aliphatic heterocycles. The summed E-state index contributed by atoms with van der Waals surface area (Å²) in [6.45, 7) is 8.03. The van der Waals surface area contributed by atoms with Crippen LogP contribution in [0.5, 0.6) is 0 Å². The highest BCUT2D eigenvalue weighted by molar-refractivity contribution is 5.68. The Balaban J connectivity index is 2.01. The molecule has 0 aromatic carbocycles. The lowest BCUT2D eigenvalue weighted by molar-refractivity contribution is -0.141. The fourth-order valence-electron chi connectivity index (χ4n) is 2.83. The van der Waals surface area contributed by atoms with Crippen molar-refractivity contribution in [1.82, 2.24) is 9.88 Å². The van der Waals surface area contributed by atoms with E-state index in [-0.39, 0.29) is 12.0 Å². The van der Waals surface area contributed by atoms with Crippen molar-refractivity contribution in [2.75, 3.05) is 13.1 Å². The van der Waals surface area contributed by atoms with Crippen LogP contribution in [0, 0.1) is 12.8 Å². The van der Waals surface area contributed by atoms with Gasteiger partial charge in [0.05, 0.1) is 0 Å². The fourth-order valence-corrected chi connectivity index (χ4v) is 2.83. The number of hydrogen-bond donors (Lipinski definition) is 0. The molecule has 24 heavy (non-hydrogen) atoms. The molecule has 4 nitrogen and oxygen atoms in total. The van der Waals surface area contributed by atoms with Gasteiger partial charge in [-0.2, -0.15) is 13.2 Å². The van der Waals surface area contributed by atoms with Crippen LogP contribution in [0.25, 0.3) is 0 Å². The van der Waals surface area contributed by atoms with Crippen molar-refractivity contribution >= 4 is 6.09 Å². The standard InChI is InChI=1S/C17H23F3N2O2/c1-11-7-13(9-14(21-11)17(18,19)20)8-12-5-6-22(10-12)15(23)24-16(2,3)4/h7,9,12H,5-6,8,10H2,1-4H3. The summed E-state index contributed by atoms with van der Waals surface area (Å²) in [5, 5.41) is 0. The topological polar surface area (TPSA) is 42.4 Å². The van der Waals surface area contributed by atoms with Crippen LogP contribution in [-0.2, 0) is 17.3 Å². The number of likely N-dealkylation sites (tertiary alicyclic amines) is 1. The predicted octanol–water partition coefficient (Wildman–Crippen LogP) is 4.21. The Morgan fingerprint density at radius 2 is 2.00 bits per heavy atom. The van der Waals surface area contributed by atoms with Gasteiger partial charge in [0.2, 0.25) is 0 Å². The summed E-state index contributed by atoms with van der Waals surface area (Å²) in [5.41, 5.74) is -0.467. The molecular formula is C17H23F3N2O2. The molecule has 0 spiro atoms. The summed E-state index contributed by atoms with van der Waals surface area (Å²) < 4.78 is 43.9. The molecule has 1 aromatic heterocycles. The molecular weight excluding hydrogens is 321 g/mol. The minimum Gasteiger partial charge on any atom is -0.444 e. The third-order valence-electron chi connectivity index (χ3n) is 3.77. The zero-order chi connectivity index (χ0) is 18.1. The SMILES string of the molecule is Cc1cc(CC2CCN(C(=O)OC(C)(C)C)C2)cc(C(F)(F)F)n1. The van der Waals surface area contributed by atoms with Crippen molar-refractivity contribution < 1.29 is 22.7 Å². The molecule has 1 atom stereocenters. The largest absolute Gasteiger partial charge is 0.444 e. The first-order valence-corrected chi connectivity index (χ1v) is 7.97. The molecule has 134 valence electrons. The van der Waals surface area contributed by atoms with Crippen LogP contribution in [-0.4, -0.2) is 34.7 Å². The molecule has 0 aliphatic carbocycles.